The van der Waals surface area contributed by atoms with Gasteiger partial charge in [-0.25, -0.2) is 0 Å². The number of carbonyl (C=O) groups excluding carboxylic acids is 1. The van der Waals surface area contributed by atoms with Crippen LogP contribution in [-0.4, -0.2) is 5.91 Å². The predicted octanol–water partition coefficient (Wildman–Crippen LogP) is 1.50. The molecule has 0 fully saturated rings. The first-order valence-electron chi connectivity index (χ1n) is 5.07. The molecule has 0 aliphatic rings. The Labute approximate surface area is 86.9 Å². The normalized spacial score (nSPS) is 10.4. The fourth-order valence-corrected chi connectivity index (χ4v) is 0.630. The van der Waals surface area contributed by atoms with Gasteiger partial charge in [-0.1, -0.05) is 34.6 Å². The molecule has 0 bridgehead atoms. The molecule has 0 aromatic carbocycles. The van der Waals surface area contributed by atoms with Gasteiger partial charge in [-0.2, -0.15) is 0 Å². The SMILES string of the molecule is CC.CC/C(=C\NN)NC(=O)C(C)C. The second kappa shape index (κ2) is 10.1. The quantitative estimate of drug-likeness (QED) is 0.477. The highest BCUT2D eigenvalue weighted by atomic mass is 16.1. The van der Waals surface area contributed by atoms with Crippen molar-refractivity contribution in [1.29, 1.82) is 0 Å². The summed E-state index contributed by atoms with van der Waals surface area (Å²) in [6.45, 7) is 9.64. The fourth-order valence-electron chi connectivity index (χ4n) is 0.630. The van der Waals surface area contributed by atoms with Gasteiger partial charge in [0.15, 0.2) is 0 Å². The molecule has 0 aliphatic carbocycles. The van der Waals surface area contributed by atoms with E-state index in [9.17, 15) is 4.79 Å². The summed E-state index contributed by atoms with van der Waals surface area (Å²) in [6.07, 6.45) is 2.34. The molecule has 14 heavy (non-hydrogen) atoms. The van der Waals surface area contributed by atoms with Crippen molar-refractivity contribution in [2.24, 2.45) is 11.8 Å². The molecule has 0 saturated carbocycles. The van der Waals surface area contributed by atoms with Crippen molar-refractivity contribution >= 4 is 5.91 Å². The zero-order valence-electron chi connectivity index (χ0n) is 9.85. The van der Waals surface area contributed by atoms with Gasteiger partial charge in [0, 0.05) is 17.8 Å². The van der Waals surface area contributed by atoms with Gasteiger partial charge in [0.1, 0.15) is 0 Å². The molecular formula is C10H23N3O. The Bertz CT molecular complexity index is 176. The number of hydrogen-bond acceptors (Lipinski definition) is 3. The minimum atomic E-state index is -0.00211. The lowest BCUT2D eigenvalue weighted by Gasteiger charge is -2.09. The maximum absolute atomic E-state index is 11.2. The van der Waals surface area contributed by atoms with Crippen molar-refractivity contribution in [3.8, 4) is 0 Å². The molecule has 0 radical (unpaired) electrons. The maximum Gasteiger partial charge on any atom is 0.226 e. The van der Waals surface area contributed by atoms with Crippen LogP contribution in [0.3, 0.4) is 0 Å². The van der Waals surface area contributed by atoms with Gasteiger partial charge in [0.25, 0.3) is 0 Å². The lowest BCUT2D eigenvalue weighted by molar-refractivity contribution is -0.123. The van der Waals surface area contributed by atoms with Crippen molar-refractivity contribution in [1.82, 2.24) is 10.7 Å². The van der Waals surface area contributed by atoms with Crippen LogP contribution in [0.5, 0.6) is 0 Å². The minimum absolute atomic E-state index is 0.00211. The average molecular weight is 201 g/mol. The van der Waals surface area contributed by atoms with Crippen molar-refractivity contribution in [3.63, 3.8) is 0 Å². The molecule has 0 spiro atoms. The molecule has 0 atom stereocenters. The highest BCUT2D eigenvalue weighted by Crippen LogP contribution is 1.97. The molecule has 4 heteroatoms. The molecule has 0 rings (SSSR count). The minimum Gasteiger partial charge on any atom is -0.330 e. The second-order valence-electron chi connectivity index (χ2n) is 2.83. The van der Waals surface area contributed by atoms with Crippen molar-refractivity contribution in [3.05, 3.63) is 11.9 Å². The van der Waals surface area contributed by atoms with Gasteiger partial charge in [-0.15, -0.1) is 0 Å². The summed E-state index contributed by atoms with van der Waals surface area (Å²) in [6, 6.07) is 0. The monoisotopic (exact) mass is 201 g/mol. The summed E-state index contributed by atoms with van der Waals surface area (Å²) >= 11 is 0. The van der Waals surface area contributed by atoms with Crippen LogP contribution >= 0.6 is 0 Å². The number of hydrogen-bond donors (Lipinski definition) is 3. The third kappa shape index (κ3) is 7.61. The Morgan fingerprint density at radius 1 is 1.43 bits per heavy atom. The van der Waals surface area contributed by atoms with Crippen LogP contribution in [0.15, 0.2) is 11.9 Å². The molecule has 0 aliphatic heterocycles. The molecule has 84 valence electrons. The molecule has 0 aromatic heterocycles. The molecule has 1 amide bonds. The van der Waals surface area contributed by atoms with Crippen LogP contribution in [0.2, 0.25) is 0 Å². The summed E-state index contributed by atoms with van der Waals surface area (Å²) in [5.74, 6) is 5.09. The highest BCUT2D eigenvalue weighted by molar-refractivity contribution is 5.79. The molecule has 0 unspecified atom stereocenters. The van der Waals surface area contributed by atoms with E-state index in [1.54, 1.807) is 6.20 Å². The first-order chi connectivity index (χ1) is 6.61. The number of nitrogens with one attached hydrogen (secondary N) is 2. The van der Waals surface area contributed by atoms with E-state index < -0.39 is 0 Å². The Kier molecular flexibility index (Phi) is 11.1. The van der Waals surface area contributed by atoms with E-state index in [4.69, 9.17) is 5.84 Å². The van der Waals surface area contributed by atoms with Crippen LogP contribution < -0.4 is 16.6 Å². The van der Waals surface area contributed by atoms with Crippen molar-refractivity contribution < 1.29 is 4.79 Å². The molecule has 0 heterocycles. The molecular weight excluding hydrogens is 178 g/mol. The third-order valence-electron chi connectivity index (χ3n) is 1.45. The number of nitrogens with two attached hydrogens (primary N) is 1. The van der Waals surface area contributed by atoms with E-state index in [1.807, 2.05) is 34.6 Å². The molecule has 0 aromatic rings. The van der Waals surface area contributed by atoms with E-state index >= 15 is 0 Å². The lowest BCUT2D eigenvalue weighted by atomic mass is 10.2. The van der Waals surface area contributed by atoms with Crippen LogP contribution in [0.25, 0.3) is 0 Å². The summed E-state index contributed by atoms with van der Waals surface area (Å²) in [5, 5.41) is 2.75. The number of hydrazine groups is 1. The number of allylic oxidation sites excluding steroid dienone is 1. The van der Waals surface area contributed by atoms with Gasteiger partial charge in [-0.3, -0.25) is 10.6 Å². The van der Waals surface area contributed by atoms with Crippen molar-refractivity contribution in [2.75, 3.05) is 0 Å². The Morgan fingerprint density at radius 3 is 2.21 bits per heavy atom. The van der Waals surface area contributed by atoms with E-state index in [1.165, 1.54) is 0 Å². The fraction of sp³-hybridized carbons (Fsp3) is 0.700. The van der Waals surface area contributed by atoms with Gasteiger partial charge in [0.05, 0.1) is 0 Å². The van der Waals surface area contributed by atoms with Crippen LogP contribution in [0.1, 0.15) is 41.0 Å². The van der Waals surface area contributed by atoms with E-state index in [-0.39, 0.29) is 11.8 Å². The summed E-state index contributed by atoms with van der Waals surface area (Å²) in [5.41, 5.74) is 3.19. The third-order valence-corrected chi connectivity index (χ3v) is 1.45. The standard InChI is InChI=1S/C8H17N3O.C2H6/c1-4-7(5-10-9)11-8(12)6(2)3;1-2/h5-6,10H,4,9H2,1-3H3,(H,11,12);1-2H3/b7-5+;. The smallest absolute Gasteiger partial charge is 0.226 e. The summed E-state index contributed by atoms with van der Waals surface area (Å²) in [4.78, 5) is 11.2. The second-order valence-corrected chi connectivity index (χ2v) is 2.83. The topological polar surface area (TPSA) is 67.2 Å². The van der Waals surface area contributed by atoms with Gasteiger partial charge in [-0.05, 0) is 6.42 Å². The molecule has 0 saturated heterocycles. The zero-order chi connectivity index (χ0) is 11.6. The summed E-state index contributed by atoms with van der Waals surface area (Å²) in [7, 11) is 0. The van der Waals surface area contributed by atoms with Crippen LogP contribution in [0.4, 0.5) is 0 Å². The Hall–Kier alpha value is -1.03. The number of carbonyl (C=O) groups is 1. The van der Waals surface area contributed by atoms with E-state index in [0.717, 1.165) is 12.1 Å². The van der Waals surface area contributed by atoms with E-state index in [2.05, 4.69) is 10.7 Å². The molecule has 4 nitrogen and oxygen atoms in total. The zero-order valence-corrected chi connectivity index (χ0v) is 9.85. The van der Waals surface area contributed by atoms with E-state index in [0.29, 0.717) is 0 Å². The van der Waals surface area contributed by atoms with Gasteiger partial charge >= 0.3 is 0 Å². The Balaban J connectivity index is 0. The van der Waals surface area contributed by atoms with Crippen molar-refractivity contribution in [2.45, 2.75) is 41.0 Å². The first-order valence-corrected chi connectivity index (χ1v) is 5.07. The van der Waals surface area contributed by atoms with Crippen LogP contribution in [-0.2, 0) is 4.79 Å². The number of rotatable bonds is 4. The predicted molar refractivity (Wildman–Crippen MR) is 60.0 cm³/mol. The highest BCUT2D eigenvalue weighted by Gasteiger charge is 2.06. The summed E-state index contributed by atoms with van der Waals surface area (Å²) < 4.78 is 0. The van der Waals surface area contributed by atoms with Crippen LogP contribution in [0, 0.1) is 5.92 Å². The first kappa shape index (κ1) is 15.4. The largest absolute Gasteiger partial charge is 0.330 e. The number of amides is 1. The lowest BCUT2D eigenvalue weighted by Crippen LogP contribution is -2.28. The maximum atomic E-state index is 11.2. The molecule has 4 N–H and O–H groups in total. The van der Waals surface area contributed by atoms with Gasteiger partial charge < -0.3 is 10.7 Å². The Morgan fingerprint density at radius 2 is 1.93 bits per heavy atom. The average Bonchev–Trinajstić information content (AvgIpc) is 2.19. The van der Waals surface area contributed by atoms with Gasteiger partial charge in [0.2, 0.25) is 5.91 Å².